The summed E-state index contributed by atoms with van der Waals surface area (Å²) in [6, 6.07) is 59.7. The van der Waals surface area contributed by atoms with Gasteiger partial charge < -0.3 is 14.4 Å². The minimum absolute atomic E-state index is 0.0200. The van der Waals surface area contributed by atoms with Gasteiger partial charge in [0.05, 0.1) is 26.1 Å². The van der Waals surface area contributed by atoms with E-state index in [9.17, 15) is 0 Å². The van der Waals surface area contributed by atoms with Crippen molar-refractivity contribution in [1.29, 1.82) is 0 Å². The summed E-state index contributed by atoms with van der Waals surface area (Å²) in [5.74, 6) is 0. The van der Waals surface area contributed by atoms with Gasteiger partial charge in [0.2, 0.25) is 0 Å². The van der Waals surface area contributed by atoms with Crippen molar-refractivity contribution in [2.75, 3.05) is 9.80 Å². The third-order valence-electron chi connectivity index (χ3n) is 16.7. The number of hydrogen-bond acceptors (Lipinski definition) is 4. The Morgan fingerprint density at radius 3 is 1.54 bits per heavy atom. The lowest BCUT2D eigenvalue weighted by atomic mass is 9.33. The van der Waals surface area contributed by atoms with Gasteiger partial charge in [-0.1, -0.05) is 183 Å². The molecule has 0 N–H and O–H groups in total. The van der Waals surface area contributed by atoms with Crippen LogP contribution in [0.1, 0.15) is 132 Å². The van der Waals surface area contributed by atoms with Gasteiger partial charge in [0.15, 0.2) is 0 Å². The predicted octanol–water partition coefficient (Wildman–Crippen LogP) is 18.9. The summed E-state index contributed by atoms with van der Waals surface area (Å²) in [7, 11) is 0. The van der Waals surface area contributed by atoms with Gasteiger partial charge in [-0.05, 0) is 144 Å². The molecule has 2 aliphatic heterocycles. The van der Waals surface area contributed by atoms with Gasteiger partial charge in [0, 0.05) is 65.1 Å². The Bertz CT molecular complexity index is 4130. The Balaban J connectivity index is 1.16. The highest BCUT2D eigenvalue weighted by Crippen LogP contribution is 2.51. The summed E-state index contributed by atoms with van der Waals surface area (Å²) in [4.78, 5) is 5.18. The predicted molar refractivity (Wildman–Crippen MR) is 337 cm³/mol. The fourth-order valence-corrected chi connectivity index (χ4v) is 14.8. The van der Waals surface area contributed by atoms with Crippen molar-refractivity contribution in [2.45, 2.75) is 131 Å². The fourth-order valence-electron chi connectivity index (χ4n) is 12.3. The van der Waals surface area contributed by atoms with Gasteiger partial charge in [-0.15, -0.1) is 22.7 Å². The van der Waals surface area contributed by atoms with Crippen LogP contribution in [0, 0.1) is 0 Å². The molecule has 13 rings (SSSR count). The number of nitrogens with zero attached hydrogens (tertiary/aromatic N) is 3. The minimum atomic E-state index is -0.143. The van der Waals surface area contributed by atoms with Crippen molar-refractivity contribution < 1.29 is 0 Å². The lowest BCUT2D eigenvalue weighted by Gasteiger charge is -2.42. The molecule has 6 heteroatoms. The van der Waals surface area contributed by atoms with E-state index in [2.05, 4.69) is 270 Å². The fraction of sp³-hybridized carbons (Fsp3) is 0.286. The zero-order valence-electron chi connectivity index (χ0n) is 47.2. The molecule has 0 unspecified atom stereocenters. The Kier molecular flexibility index (Phi) is 10.6. The maximum Gasteiger partial charge on any atom is 0.252 e. The van der Waals surface area contributed by atoms with Crippen LogP contribution in [0.4, 0.5) is 34.1 Å². The molecule has 0 amide bonds. The Morgan fingerprint density at radius 2 is 0.908 bits per heavy atom. The van der Waals surface area contributed by atoms with Crippen LogP contribution in [-0.2, 0) is 27.1 Å². The summed E-state index contributed by atoms with van der Waals surface area (Å²) < 4.78 is 8.05. The quantitative estimate of drug-likeness (QED) is 0.163. The van der Waals surface area contributed by atoms with Gasteiger partial charge in [-0.25, -0.2) is 0 Å². The number of thiophene rings is 2. The largest absolute Gasteiger partial charge is 0.310 e. The first-order valence-corrected chi connectivity index (χ1v) is 29.1. The van der Waals surface area contributed by atoms with E-state index in [-0.39, 0.29) is 33.8 Å². The van der Waals surface area contributed by atoms with Gasteiger partial charge >= 0.3 is 0 Å². The maximum atomic E-state index is 2.70. The van der Waals surface area contributed by atoms with Crippen LogP contribution in [0.3, 0.4) is 0 Å². The van der Waals surface area contributed by atoms with Gasteiger partial charge in [0.1, 0.15) is 0 Å². The molecule has 5 heterocycles. The molecular formula is C70H70BN3S2. The summed E-state index contributed by atoms with van der Waals surface area (Å²) in [5, 5.41) is 5.31. The number of aromatic nitrogens is 1. The zero-order valence-corrected chi connectivity index (χ0v) is 48.8. The molecule has 0 spiro atoms. The molecule has 8 aromatic carbocycles. The van der Waals surface area contributed by atoms with Crippen LogP contribution in [0.15, 0.2) is 152 Å². The van der Waals surface area contributed by atoms with Crippen LogP contribution >= 0.6 is 22.7 Å². The molecule has 0 atom stereocenters. The first-order valence-electron chi connectivity index (χ1n) is 27.4. The summed E-state index contributed by atoms with van der Waals surface area (Å²) in [6.07, 6.45) is 0. The Hall–Kier alpha value is -6.60. The van der Waals surface area contributed by atoms with E-state index in [0.717, 1.165) is 17.1 Å². The van der Waals surface area contributed by atoms with E-state index in [1.807, 2.05) is 22.7 Å². The van der Waals surface area contributed by atoms with Crippen molar-refractivity contribution in [3.63, 3.8) is 0 Å². The molecule has 0 fully saturated rings. The molecule has 0 saturated carbocycles. The third kappa shape index (κ3) is 7.55. The van der Waals surface area contributed by atoms with E-state index in [1.54, 1.807) is 0 Å². The number of anilines is 6. The molecule has 0 saturated heterocycles. The average Bonchev–Trinajstić information content (AvgIpc) is 4.23. The van der Waals surface area contributed by atoms with Gasteiger partial charge in [-0.3, -0.25) is 0 Å². The third-order valence-corrected chi connectivity index (χ3v) is 19.1. The lowest BCUT2D eigenvalue weighted by Crippen LogP contribution is -2.60. The highest BCUT2D eigenvalue weighted by atomic mass is 32.1. The molecule has 76 heavy (non-hydrogen) atoms. The van der Waals surface area contributed by atoms with Crippen molar-refractivity contribution in [2.24, 2.45) is 0 Å². The van der Waals surface area contributed by atoms with E-state index >= 15 is 0 Å². The molecule has 0 radical (unpaired) electrons. The summed E-state index contributed by atoms with van der Waals surface area (Å²) >= 11 is 3.90. The molecule has 2 aliphatic rings. The lowest BCUT2D eigenvalue weighted by molar-refractivity contribution is 0.590. The minimum Gasteiger partial charge on any atom is -0.310 e. The molecular weight excluding hydrogens is 958 g/mol. The first-order chi connectivity index (χ1) is 35.8. The van der Waals surface area contributed by atoms with Crippen LogP contribution in [0.25, 0.3) is 57.1 Å². The van der Waals surface area contributed by atoms with Crippen LogP contribution in [0.2, 0.25) is 0 Å². The standard InChI is InChI=1S/C70H70BN3S2/c1-66(2,3)41-23-28-46(29-24-41)72(47-30-25-42(26-31-47)67(4,5)6)48-32-34-53-56(40-48)73(55-21-18-20-50-49-33-27-43(68(7,8)9)39-60(49)76-64(50)55)57-37-45(70(13,14)15)38-58-61(57)71(53)54-36-44(69(10,11)12)35-52-62(54)74(58)63-51-19-16-17-22-59(51)75-65(52)63/h16-40H,1-15H3. The molecule has 380 valence electrons. The second kappa shape index (κ2) is 16.5. The Morgan fingerprint density at radius 1 is 0.355 bits per heavy atom. The topological polar surface area (TPSA) is 11.4 Å². The van der Waals surface area contributed by atoms with Gasteiger partial charge in [-0.2, -0.15) is 0 Å². The Labute approximate surface area is 458 Å². The van der Waals surface area contributed by atoms with E-state index < -0.39 is 0 Å². The van der Waals surface area contributed by atoms with Gasteiger partial charge in [0.25, 0.3) is 6.71 Å². The normalized spacial score (nSPS) is 13.9. The van der Waals surface area contributed by atoms with E-state index in [0.29, 0.717) is 0 Å². The first kappa shape index (κ1) is 49.0. The molecule has 0 aliphatic carbocycles. The smallest absolute Gasteiger partial charge is 0.252 e. The van der Waals surface area contributed by atoms with Crippen LogP contribution in [0.5, 0.6) is 0 Å². The number of hydrogen-bond donors (Lipinski definition) is 0. The van der Waals surface area contributed by atoms with Crippen molar-refractivity contribution >= 4 is 131 Å². The van der Waals surface area contributed by atoms with E-state index in [1.165, 1.54) is 118 Å². The number of benzene rings is 8. The molecule has 3 nitrogen and oxygen atoms in total. The number of fused-ring (bicyclic) bond motifs is 12. The van der Waals surface area contributed by atoms with E-state index in [4.69, 9.17) is 0 Å². The second-order valence-corrected chi connectivity index (χ2v) is 29.3. The zero-order chi connectivity index (χ0) is 53.3. The SMILES string of the molecule is CC(C)(C)c1ccc(N(c2ccc(C(C)(C)C)cc2)c2ccc3c(c2)N(c2cccc4c2sc2cc(C(C)(C)C)ccc24)c2cc(C(C)(C)C)cc4c2B3c2cc(C(C)(C)C)cc3c5sc6ccccc6c5n-4c23)cc1. The van der Waals surface area contributed by atoms with Crippen LogP contribution in [-0.4, -0.2) is 11.3 Å². The van der Waals surface area contributed by atoms with Crippen molar-refractivity contribution in [3.8, 4) is 5.69 Å². The second-order valence-electron chi connectivity index (χ2n) is 27.2. The van der Waals surface area contributed by atoms with Crippen molar-refractivity contribution in [1.82, 2.24) is 4.57 Å². The molecule has 0 bridgehead atoms. The van der Waals surface area contributed by atoms with Crippen LogP contribution < -0.4 is 26.2 Å². The highest BCUT2D eigenvalue weighted by molar-refractivity contribution is 7.27. The summed E-state index contributed by atoms with van der Waals surface area (Å²) in [6.45, 7) is 35.1. The number of rotatable bonds is 4. The van der Waals surface area contributed by atoms with Crippen molar-refractivity contribution in [3.05, 3.63) is 179 Å². The molecule has 3 aromatic heterocycles. The molecule has 11 aromatic rings. The highest BCUT2D eigenvalue weighted by Gasteiger charge is 2.45. The maximum absolute atomic E-state index is 2.70. The summed E-state index contributed by atoms with van der Waals surface area (Å²) in [5.41, 5.74) is 21.8. The monoisotopic (exact) mass is 1030 g/mol. The average molecular weight is 1030 g/mol.